The highest BCUT2D eigenvalue weighted by atomic mass is 16.5. The number of carbonyl (C=O) groups excluding carboxylic acids is 2. The number of nitrogens with zero attached hydrogens (tertiary/aromatic N) is 5. The molecule has 3 rings (SSSR count). The number of fused-ring (bicyclic) bond motifs is 1. The molecule has 1 aromatic rings. The number of nitriles is 2. The van der Waals surface area contributed by atoms with Crippen LogP contribution in [0.15, 0.2) is 24.3 Å². The molecule has 0 spiro atoms. The van der Waals surface area contributed by atoms with Crippen molar-refractivity contribution in [1.82, 2.24) is 9.80 Å². The Kier molecular flexibility index (Phi) is 7.51. The molecule has 2 amide bonds. The first-order valence-corrected chi connectivity index (χ1v) is 10.4. The zero-order valence-electron chi connectivity index (χ0n) is 17.1. The normalized spacial score (nSPS) is 17.9. The van der Waals surface area contributed by atoms with Gasteiger partial charge in [-0.05, 0) is 31.4 Å². The van der Waals surface area contributed by atoms with E-state index >= 15 is 0 Å². The molecule has 1 saturated heterocycles. The van der Waals surface area contributed by atoms with E-state index in [0.29, 0.717) is 25.4 Å². The number of piperidine rings is 1. The first-order valence-electron chi connectivity index (χ1n) is 10.4. The van der Waals surface area contributed by atoms with E-state index in [4.69, 9.17) is 15.3 Å². The molecule has 0 saturated carbocycles. The van der Waals surface area contributed by atoms with Crippen molar-refractivity contribution in [3.8, 4) is 17.9 Å². The summed E-state index contributed by atoms with van der Waals surface area (Å²) in [5.74, 6) is 0.390. The molecular weight excluding hydrogens is 382 g/mol. The van der Waals surface area contributed by atoms with Gasteiger partial charge in [0.2, 0.25) is 5.91 Å². The van der Waals surface area contributed by atoms with Crippen LogP contribution >= 0.6 is 0 Å². The third-order valence-corrected chi connectivity index (χ3v) is 5.47. The van der Waals surface area contributed by atoms with E-state index in [1.807, 2.05) is 46.2 Å². The summed E-state index contributed by atoms with van der Waals surface area (Å²) in [6.07, 6.45) is 2.92. The lowest BCUT2D eigenvalue weighted by atomic mass is 10.1. The van der Waals surface area contributed by atoms with E-state index in [1.165, 1.54) is 0 Å². The molecule has 2 aliphatic rings. The van der Waals surface area contributed by atoms with E-state index in [0.717, 1.165) is 38.0 Å². The molecule has 1 aromatic carbocycles. The second-order valence-electron chi connectivity index (χ2n) is 7.54. The first-order chi connectivity index (χ1) is 14.6. The number of likely N-dealkylation sites (tertiary alicyclic amines) is 1. The highest BCUT2D eigenvalue weighted by Crippen LogP contribution is 2.33. The summed E-state index contributed by atoms with van der Waals surface area (Å²) in [5, 5.41) is 17.7. The van der Waals surface area contributed by atoms with Crippen molar-refractivity contribution in [2.45, 2.75) is 38.2 Å². The van der Waals surface area contributed by atoms with E-state index in [2.05, 4.69) is 0 Å². The van der Waals surface area contributed by atoms with Gasteiger partial charge in [-0.15, -0.1) is 0 Å². The van der Waals surface area contributed by atoms with Gasteiger partial charge in [0.05, 0.1) is 43.8 Å². The Hall–Kier alpha value is -3.26. The van der Waals surface area contributed by atoms with Gasteiger partial charge >= 0.3 is 0 Å². The Morgan fingerprint density at radius 2 is 1.73 bits per heavy atom. The van der Waals surface area contributed by atoms with Gasteiger partial charge in [-0.1, -0.05) is 12.1 Å². The number of anilines is 1. The SMILES string of the molecule is N#CCCN(CCC#N)C(=O)CN1CC(C(=O)N2CCCCC2)Oc2ccccc21. The van der Waals surface area contributed by atoms with Crippen LogP contribution in [0.5, 0.6) is 5.75 Å². The third kappa shape index (κ3) is 5.21. The molecule has 158 valence electrons. The van der Waals surface area contributed by atoms with Gasteiger partial charge in [0, 0.05) is 26.2 Å². The van der Waals surface area contributed by atoms with Gasteiger partial charge in [0.15, 0.2) is 6.10 Å². The highest BCUT2D eigenvalue weighted by molar-refractivity contribution is 5.86. The second kappa shape index (κ2) is 10.5. The zero-order valence-corrected chi connectivity index (χ0v) is 17.1. The molecule has 2 aliphatic heterocycles. The van der Waals surface area contributed by atoms with E-state index in [-0.39, 0.29) is 31.2 Å². The molecule has 0 aliphatic carbocycles. The maximum absolute atomic E-state index is 13.0. The van der Waals surface area contributed by atoms with Gasteiger partial charge in [0.25, 0.3) is 5.91 Å². The average Bonchev–Trinajstić information content (AvgIpc) is 2.79. The van der Waals surface area contributed by atoms with Crippen molar-refractivity contribution in [1.29, 1.82) is 10.5 Å². The van der Waals surface area contributed by atoms with Gasteiger partial charge < -0.3 is 19.4 Å². The Balaban J connectivity index is 1.74. The number of ether oxygens (including phenoxy) is 1. The van der Waals surface area contributed by atoms with Crippen LogP contribution in [-0.4, -0.2) is 67.0 Å². The van der Waals surface area contributed by atoms with Crippen molar-refractivity contribution < 1.29 is 14.3 Å². The van der Waals surface area contributed by atoms with Crippen molar-refractivity contribution in [3.05, 3.63) is 24.3 Å². The molecule has 0 aromatic heterocycles. The van der Waals surface area contributed by atoms with Crippen molar-refractivity contribution >= 4 is 17.5 Å². The predicted octanol–water partition coefficient (Wildman–Crippen LogP) is 1.92. The molecule has 1 fully saturated rings. The summed E-state index contributed by atoms with van der Waals surface area (Å²) in [7, 11) is 0. The van der Waals surface area contributed by atoms with Crippen LogP contribution < -0.4 is 9.64 Å². The largest absolute Gasteiger partial charge is 0.477 e. The lowest BCUT2D eigenvalue weighted by Gasteiger charge is -2.38. The number of carbonyl (C=O) groups is 2. The van der Waals surface area contributed by atoms with Crippen LogP contribution in [0.2, 0.25) is 0 Å². The Bertz CT molecular complexity index is 820. The van der Waals surface area contributed by atoms with Crippen LogP contribution in [0.4, 0.5) is 5.69 Å². The van der Waals surface area contributed by atoms with Gasteiger partial charge in [0.1, 0.15) is 5.75 Å². The summed E-state index contributed by atoms with van der Waals surface area (Å²) in [6, 6.07) is 11.5. The van der Waals surface area contributed by atoms with Crippen LogP contribution in [0.3, 0.4) is 0 Å². The maximum Gasteiger partial charge on any atom is 0.265 e. The number of rotatable bonds is 7. The number of para-hydroxylation sites is 2. The molecule has 1 atom stereocenters. The first kappa shape index (κ1) is 21.4. The molecule has 1 unspecified atom stereocenters. The molecule has 0 bridgehead atoms. The van der Waals surface area contributed by atoms with E-state index in [1.54, 1.807) is 4.90 Å². The minimum absolute atomic E-state index is 0.0348. The maximum atomic E-state index is 13.0. The summed E-state index contributed by atoms with van der Waals surface area (Å²) < 4.78 is 6.01. The van der Waals surface area contributed by atoms with Crippen LogP contribution in [0.25, 0.3) is 0 Å². The zero-order chi connectivity index (χ0) is 21.3. The quantitative estimate of drug-likeness (QED) is 0.682. The Morgan fingerprint density at radius 1 is 1.07 bits per heavy atom. The molecule has 2 heterocycles. The lowest BCUT2D eigenvalue weighted by molar-refractivity contribution is -0.140. The standard InChI is InChI=1S/C22H27N5O3/c23-10-6-14-25(15-7-11-24)21(28)17-27-16-20(22(29)26-12-4-1-5-13-26)30-19-9-3-2-8-18(19)27/h2-3,8-9,20H,1,4-7,12-17H2. The fourth-order valence-electron chi connectivity index (χ4n) is 3.90. The monoisotopic (exact) mass is 409 g/mol. The predicted molar refractivity (Wildman–Crippen MR) is 111 cm³/mol. The minimum Gasteiger partial charge on any atom is -0.477 e. The summed E-state index contributed by atoms with van der Waals surface area (Å²) >= 11 is 0. The summed E-state index contributed by atoms with van der Waals surface area (Å²) in [4.78, 5) is 31.2. The van der Waals surface area contributed by atoms with Crippen molar-refractivity contribution in [2.75, 3.05) is 44.2 Å². The molecule has 0 N–H and O–H groups in total. The highest BCUT2D eigenvalue weighted by Gasteiger charge is 2.35. The summed E-state index contributed by atoms with van der Waals surface area (Å²) in [6.45, 7) is 2.44. The number of hydrogen-bond donors (Lipinski definition) is 0. The van der Waals surface area contributed by atoms with E-state index in [9.17, 15) is 9.59 Å². The van der Waals surface area contributed by atoms with Crippen molar-refractivity contribution in [2.24, 2.45) is 0 Å². The summed E-state index contributed by atoms with van der Waals surface area (Å²) in [5.41, 5.74) is 0.772. The molecule has 0 radical (unpaired) electrons. The second-order valence-corrected chi connectivity index (χ2v) is 7.54. The minimum atomic E-state index is -0.655. The topological polar surface area (TPSA) is 101 Å². The lowest BCUT2D eigenvalue weighted by Crippen LogP contribution is -2.53. The Labute approximate surface area is 177 Å². The van der Waals surface area contributed by atoms with Crippen molar-refractivity contribution in [3.63, 3.8) is 0 Å². The van der Waals surface area contributed by atoms with Gasteiger partial charge in [-0.25, -0.2) is 0 Å². The fraction of sp³-hybridized carbons (Fsp3) is 0.545. The van der Waals surface area contributed by atoms with Gasteiger partial charge in [-0.2, -0.15) is 10.5 Å². The average molecular weight is 409 g/mol. The smallest absolute Gasteiger partial charge is 0.265 e. The van der Waals surface area contributed by atoms with Crippen LogP contribution in [0, 0.1) is 22.7 Å². The van der Waals surface area contributed by atoms with Crippen LogP contribution in [0.1, 0.15) is 32.1 Å². The molecule has 30 heavy (non-hydrogen) atoms. The van der Waals surface area contributed by atoms with Gasteiger partial charge in [-0.3, -0.25) is 9.59 Å². The molecule has 8 heteroatoms. The van der Waals surface area contributed by atoms with Crippen LogP contribution in [-0.2, 0) is 9.59 Å². The molecule has 8 nitrogen and oxygen atoms in total. The molecular formula is C22H27N5O3. The third-order valence-electron chi connectivity index (χ3n) is 5.47. The number of amides is 2. The number of benzene rings is 1. The number of hydrogen-bond acceptors (Lipinski definition) is 6. The Morgan fingerprint density at radius 3 is 2.40 bits per heavy atom. The fourth-order valence-corrected chi connectivity index (χ4v) is 3.90. The van der Waals surface area contributed by atoms with E-state index < -0.39 is 6.10 Å².